The zero-order valence-corrected chi connectivity index (χ0v) is 12.8. The van der Waals surface area contributed by atoms with Gasteiger partial charge in [-0.1, -0.05) is 37.9 Å². The second-order valence-electron chi connectivity index (χ2n) is 3.74. The predicted molar refractivity (Wildman–Crippen MR) is 78.0 cm³/mol. The highest BCUT2D eigenvalue weighted by Gasteiger charge is 2.09. The van der Waals surface area contributed by atoms with Crippen LogP contribution in [0.1, 0.15) is 11.1 Å². The van der Waals surface area contributed by atoms with Crippen molar-refractivity contribution in [3.63, 3.8) is 0 Å². The summed E-state index contributed by atoms with van der Waals surface area (Å²) < 4.78 is 20.2. The summed E-state index contributed by atoms with van der Waals surface area (Å²) in [4.78, 5) is 0. The highest BCUT2D eigenvalue weighted by Crippen LogP contribution is 2.31. The lowest BCUT2D eigenvalue weighted by atomic mass is 10.2. The Morgan fingerprint density at radius 1 is 1.16 bits per heavy atom. The molecule has 0 atom stereocenters. The molecule has 0 fully saturated rings. The van der Waals surface area contributed by atoms with Crippen molar-refractivity contribution in [3.05, 3.63) is 57.8 Å². The standard InChI is InChI=1S/C14H8Br2FNO/c15-7-10-2-3-11(16)6-14(10)19-13-4-1-9(8-18)5-12(13)17/h1-6H,7H2. The first-order valence-electron chi connectivity index (χ1n) is 5.36. The summed E-state index contributed by atoms with van der Waals surface area (Å²) in [6, 6.07) is 11.5. The van der Waals surface area contributed by atoms with Crippen molar-refractivity contribution in [1.82, 2.24) is 0 Å². The normalized spacial score (nSPS) is 10.0. The fraction of sp³-hybridized carbons (Fsp3) is 0.0714. The van der Waals surface area contributed by atoms with Gasteiger partial charge in [0.2, 0.25) is 0 Å². The molecule has 0 heterocycles. The molecule has 2 aromatic rings. The van der Waals surface area contributed by atoms with E-state index in [0.717, 1.165) is 16.1 Å². The summed E-state index contributed by atoms with van der Waals surface area (Å²) in [6.07, 6.45) is 0. The minimum Gasteiger partial charge on any atom is -0.454 e. The second kappa shape index (κ2) is 6.18. The summed E-state index contributed by atoms with van der Waals surface area (Å²) in [5.41, 5.74) is 1.17. The Morgan fingerprint density at radius 3 is 2.58 bits per heavy atom. The summed E-state index contributed by atoms with van der Waals surface area (Å²) in [5, 5.41) is 9.30. The Bertz CT molecular complexity index is 652. The van der Waals surface area contributed by atoms with Crippen LogP contribution in [0, 0.1) is 17.1 Å². The van der Waals surface area contributed by atoms with E-state index in [4.69, 9.17) is 10.00 Å². The first-order chi connectivity index (χ1) is 9.13. The number of nitriles is 1. The fourth-order valence-electron chi connectivity index (χ4n) is 1.51. The van der Waals surface area contributed by atoms with E-state index in [1.54, 1.807) is 6.07 Å². The third kappa shape index (κ3) is 3.34. The number of hydrogen-bond donors (Lipinski definition) is 0. The zero-order valence-electron chi connectivity index (χ0n) is 9.66. The molecule has 0 aliphatic carbocycles. The third-order valence-electron chi connectivity index (χ3n) is 2.45. The van der Waals surface area contributed by atoms with E-state index in [-0.39, 0.29) is 11.3 Å². The molecule has 0 N–H and O–H groups in total. The molecule has 0 saturated heterocycles. The van der Waals surface area contributed by atoms with Crippen LogP contribution in [0.3, 0.4) is 0 Å². The Kier molecular flexibility index (Phi) is 4.56. The minimum atomic E-state index is -0.556. The van der Waals surface area contributed by atoms with Gasteiger partial charge in [-0.25, -0.2) is 4.39 Å². The highest BCUT2D eigenvalue weighted by molar-refractivity contribution is 9.10. The Labute approximate surface area is 127 Å². The molecule has 0 aliphatic heterocycles. The minimum absolute atomic E-state index is 0.0966. The van der Waals surface area contributed by atoms with Gasteiger partial charge in [0.1, 0.15) is 5.75 Å². The Balaban J connectivity index is 2.36. The van der Waals surface area contributed by atoms with Crippen molar-refractivity contribution in [1.29, 1.82) is 5.26 Å². The maximum absolute atomic E-state index is 13.8. The maximum Gasteiger partial charge on any atom is 0.167 e. The van der Waals surface area contributed by atoms with Crippen LogP contribution in [0.4, 0.5) is 4.39 Å². The maximum atomic E-state index is 13.8. The molecule has 0 bridgehead atoms. The SMILES string of the molecule is N#Cc1ccc(Oc2cc(Br)ccc2CBr)c(F)c1. The summed E-state index contributed by atoms with van der Waals surface area (Å²) in [7, 11) is 0. The molecule has 5 heteroatoms. The van der Waals surface area contributed by atoms with E-state index in [1.165, 1.54) is 12.1 Å². The molecule has 2 aromatic carbocycles. The summed E-state index contributed by atoms with van der Waals surface area (Å²) >= 11 is 6.70. The molecule has 0 unspecified atom stereocenters. The van der Waals surface area contributed by atoms with Crippen molar-refractivity contribution in [2.75, 3.05) is 0 Å². The zero-order chi connectivity index (χ0) is 13.8. The molecule has 2 nitrogen and oxygen atoms in total. The van der Waals surface area contributed by atoms with Gasteiger partial charge in [0.15, 0.2) is 11.6 Å². The number of rotatable bonds is 3. The molecule has 0 amide bonds. The number of nitrogens with zero attached hydrogens (tertiary/aromatic N) is 1. The van der Waals surface area contributed by atoms with Gasteiger partial charge in [0.05, 0.1) is 11.6 Å². The molecule has 0 aromatic heterocycles. The molecule has 0 aliphatic rings. The first-order valence-corrected chi connectivity index (χ1v) is 7.27. The molecule has 0 saturated carbocycles. The van der Waals surface area contributed by atoms with Crippen LogP contribution in [0.25, 0.3) is 0 Å². The van der Waals surface area contributed by atoms with Crippen LogP contribution in [0.2, 0.25) is 0 Å². The van der Waals surface area contributed by atoms with E-state index < -0.39 is 5.82 Å². The van der Waals surface area contributed by atoms with Gasteiger partial charge in [0, 0.05) is 15.4 Å². The monoisotopic (exact) mass is 383 g/mol. The molecule has 2 rings (SSSR count). The van der Waals surface area contributed by atoms with Crippen molar-refractivity contribution in [2.24, 2.45) is 0 Å². The lowest BCUT2D eigenvalue weighted by molar-refractivity contribution is 0.439. The number of ether oxygens (including phenoxy) is 1. The van der Waals surface area contributed by atoms with E-state index in [1.807, 2.05) is 18.2 Å². The van der Waals surface area contributed by atoms with Crippen LogP contribution >= 0.6 is 31.9 Å². The van der Waals surface area contributed by atoms with Gasteiger partial charge in [-0.3, -0.25) is 0 Å². The third-order valence-corrected chi connectivity index (χ3v) is 3.55. The average molecular weight is 385 g/mol. The molecule has 19 heavy (non-hydrogen) atoms. The van der Waals surface area contributed by atoms with Crippen molar-refractivity contribution in [2.45, 2.75) is 5.33 Å². The van der Waals surface area contributed by atoms with E-state index >= 15 is 0 Å². The average Bonchev–Trinajstić information content (AvgIpc) is 2.41. The van der Waals surface area contributed by atoms with Crippen molar-refractivity contribution < 1.29 is 9.13 Å². The summed E-state index contributed by atoms with van der Waals surface area (Å²) in [5.74, 6) is 0.105. The van der Waals surface area contributed by atoms with Gasteiger partial charge < -0.3 is 4.74 Å². The van der Waals surface area contributed by atoms with Crippen LogP contribution < -0.4 is 4.74 Å². The van der Waals surface area contributed by atoms with Crippen molar-refractivity contribution >= 4 is 31.9 Å². The van der Waals surface area contributed by atoms with Crippen molar-refractivity contribution in [3.8, 4) is 17.6 Å². The van der Waals surface area contributed by atoms with Crippen LogP contribution in [0.5, 0.6) is 11.5 Å². The van der Waals surface area contributed by atoms with E-state index in [0.29, 0.717) is 11.1 Å². The summed E-state index contributed by atoms with van der Waals surface area (Å²) in [6.45, 7) is 0. The van der Waals surface area contributed by atoms with Crippen LogP contribution in [-0.4, -0.2) is 0 Å². The number of alkyl halides is 1. The molecule has 96 valence electrons. The van der Waals surface area contributed by atoms with Crippen LogP contribution in [0.15, 0.2) is 40.9 Å². The topological polar surface area (TPSA) is 33.0 Å². The lowest BCUT2D eigenvalue weighted by Crippen LogP contribution is -1.93. The van der Waals surface area contributed by atoms with Gasteiger partial charge in [-0.15, -0.1) is 0 Å². The fourth-order valence-corrected chi connectivity index (χ4v) is 2.31. The number of benzene rings is 2. The Morgan fingerprint density at radius 2 is 1.95 bits per heavy atom. The Hall–Kier alpha value is -1.38. The number of halogens is 3. The van der Waals surface area contributed by atoms with Gasteiger partial charge in [-0.2, -0.15) is 5.26 Å². The van der Waals surface area contributed by atoms with Gasteiger partial charge in [-0.05, 0) is 30.3 Å². The predicted octanol–water partition coefficient (Wildman–Crippen LogP) is 5.15. The largest absolute Gasteiger partial charge is 0.454 e. The second-order valence-corrected chi connectivity index (χ2v) is 5.22. The molecular formula is C14H8Br2FNO. The molecule has 0 radical (unpaired) electrons. The highest BCUT2D eigenvalue weighted by atomic mass is 79.9. The van der Waals surface area contributed by atoms with Crippen LogP contribution in [-0.2, 0) is 5.33 Å². The van der Waals surface area contributed by atoms with E-state index in [2.05, 4.69) is 31.9 Å². The quantitative estimate of drug-likeness (QED) is 0.685. The number of hydrogen-bond acceptors (Lipinski definition) is 2. The molecular weight excluding hydrogens is 377 g/mol. The molecule has 0 spiro atoms. The van der Waals surface area contributed by atoms with Gasteiger partial charge >= 0.3 is 0 Å². The lowest BCUT2D eigenvalue weighted by Gasteiger charge is -2.11. The van der Waals surface area contributed by atoms with E-state index in [9.17, 15) is 4.39 Å². The smallest absolute Gasteiger partial charge is 0.167 e. The first kappa shape index (κ1) is 14.0. The van der Waals surface area contributed by atoms with Gasteiger partial charge in [0.25, 0.3) is 0 Å².